The number of aliphatic hydroxyl groups is 5. The highest BCUT2D eigenvalue weighted by molar-refractivity contribution is 5.76. The molecule has 7 unspecified atom stereocenters. The van der Waals surface area contributed by atoms with Gasteiger partial charge in [-0.2, -0.15) is 0 Å². The zero-order valence-electron chi connectivity index (χ0n) is 51.1. The molecule has 0 aliphatic carbocycles. The van der Waals surface area contributed by atoms with Crippen LogP contribution in [-0.2, 0) is 23.8 Å². The number of amides is 1. The molecule has 11 heteroatoms. The van der Waals surface area contributed by atoms with Crippen LogP contribution in [0.25, 0.3) is 0 Å². The molecule has 1 rings (SSSR count). The molecule has 1 amide bonds. The Kier molecular flexibility index (Phi) is 54.3. The van der Waals surface area contributed by atoms with Gasteiger partial charge in [0.15, 0.2) is 6.29 Å². The predicted molar refractivity (Wildman–Crippen MR) is 329 cm³/mol. The van der Waals surface area contributed by atoms with E-state index < -0.39 is 49.5 Å². The van der Waals surface area contributed by atoms with Gasteiger partial charge in [-0.1, -0.05) is 267 Å². The van der Waals surface area contributed by atoms with E-state index in [0.717, 1.165) is 57.8 Å². The average Bonchev–Trinajstić information content (AvgIpc) is 3.46. The van der Waals surface area contributed by atoms with E-state index in [1.54, 1.807) is 6.08 Å². The molecule has 6 N–H and O–H groups in total. The third kappa shape index (κ3) is 46.8. The van der Waals surface area contributed by atoms with Crippen LogP contribution in [-0.4, -0.2) is 100 Å². The third-order valence-corrected chi connectivity index (χ3v) is 15.7. The van der Waals surface area contributed by atoms with Crippen LogP contribution >= 0.6 is 0 Å². The Morgan fingerprint density at radius 3 is 1.33 bits per heavy atom. The fourth-order valence-corrected chi connectivity index (χ4v) is 10.5. The summed E-state index contributed by atoms with van der Waals surface area (Å²) in [4.78, 5) is 25.0. The smallest absolute Gasteiger partial charge is 0.305 e. The molecule has 1 heterocycles. The molecule has 1 fully saturated rings. The highest BCUT2D eigenvalue weighted by Gasteiger charge is 2.44. The van der Waals surface area contributed by atoms with Crippen molar-refractivity contribution in [3.05, 3.63) is 48.6 Å². The van der Waals surface area contributed by atoms with Crippen molar-refractivity contribution in [3.63, 3.8) is 0 Å². The van der Waals surface area contributed by atoms with Crippen LogP contribution in [0.15, 0.2) is 48.6 Å². The van der Waals surface area contributed by atoms with E-state index in [4.69, 9.17) is 14.2 Å². The quantitative estimate of drug-likeness (QED) is 0.0195. The first-order valence-electron chi connectivity index (χ1n) is 33.4. The maximum absolute atomic E-state index is 13.0. The van der Waals surface area contributed by atoms with E-state index in [2.05, 4.69) is 42.6 Å². The molecule has 0 aromatic rings. The first kappa shape index (κ1) is 74.6. The summed E-state index contributed by atoms with van der Waals surface area (Å²) in [5, 5.41) is 54.2. The highest BCUT2D eigenvalue weighted by Crippen LogP contribution is 2.23. The van der Waals surface area contributed by atoms with E-state index in [1.165, 1.54) is 225 Å². The molecule has 0 aromatic heterocycles. The summed E-state index contributed by atoms with van der Waals surface area (Å²) in [6.45, 7) is 4.11. The van der Waals surface area contributed by atoms with Crippen molar-refractivity contribution in [2.24, 2.45) is 0 Å². The lowest BCUT2D eigenvalue weighted by atomic mass is 9.99. The van der Waals surface area contributed by atoms with Gasteiger partial charge in [-0.15, -0.1) is 0 Å². The molecule has 0 radical (unpaired) electrons. The molecule has 7 atom stereocenters. The third-order valence-electron chi connectivity index (χ3n) is 15.7. The molecule has 0 spiro atoms. The number of esters is 1. The van der Waals surface area contributed by atoms with Gasteiger partial charge in [0.05, 0.1) is 32.0 Å². The zero-order chi connectivity index (χ0) is 57.3. The molecule has 462 valence electrons. The first-order chi connectivity index (χ1) is 38.7. The molecule has 0 saturated carbocycles. The second-order valence-corrected chi connectivity index (χ2v) is 23.2. The number of hydrogen-bond acceptors (Lipinski definition) is 10. The Balaban J connectivity index is 1.94. The molecule has 0 bridgehead atoms. The molecular formula is C68H125NO10. The summed E-state index contributed by atoms with van der Waals surface area (Å²) in [6, 6.07) is -0.832. The second-order valence-electron chi connectivity index (χ2n) is 23.2. The lowest BCUT2D eigenvalue weighted by Gasteiger charge is -2.40. The number of rotatable bonds is 58. The van der Waals surface area contributed by atoms with Crippen molar-refractivity contribution in [2.45, 2.75) is 352 Å². The first-order valence-corrected chi connectivity index (χ1v) is 33.4. The van der Waals surface area contributed by atoms with Crippen LogP contribution < -0.4 is 5.32 Å². The lowest BCUT2D eigenvalue weighted by molar-refractivity contribution is -0.302. The monoisotopic (exact) mass is 1120 g/mol. The number of carbonyl (C=O) groups is 2. The van der Waals surface area contributed by atoms with Crippen LogP contribution in [0.2, 0.25) is 0 Å². The Labute approximate surface area is 485 Å². The van der Waals surface area contributed by atoms with E-state index in [1.807, 2.05) is 19.1 Å². The molecule has 1 aliphatic heterocycles. The van der Waals surface area contributed by atoms with Gasteiger partial charge in [0.1, 0.15) is 24.4 Å². The summed E-state index contributed by atoms with van der Waals surface area (Å²) in [6.07, 6.45) is 64.2. The van der Waals surface area contributed by atoms with E-state index in [9.17, 15) is 35.1 Å². The Morgan fingerprint density at radius 1 is 0.481 bits per heavy atom. The Morgan fingerprint density at radius 2 is 0.873 bits per heavy atom. The minimum absolute atomic E-state index is 0.00884. The molecular weight excluding hydrogens is 991 g/mol. The summed E-state index contributed by atoms with van der Waals surface area (Å²) in [5.41, 5.74) is 0. The maximum atomic E-state index is 13.0. The van der Waals surface area contributed by atoms with Crippen LogP contribution in [0, 0.1) is 0 Å². The number of allylic oxidation sites excluding steroid dienone is 7. The van der Waals surface area contributed by atoms with Gasteiger partial charge in [0.25, 0.3) is 0 Å². The Hall–Kier alpha value is -2.38. The largest absolute Gasteiger partial charge is 0.466 e. The SMILES string of the molecule is C/C=C/CC/C=C/CC/C=C/C(O)C(COC1OC(CO)C(O)C(O)C1O)NC(=O)CCCCCCCCCCCCCCCC/C=C\CCCCCCCCCCCCCCOC(=O)CCCCCCCCCCCCCC. The zero-order valence-corrected chi connectivity index (χ0v) is 51.1. The molecule has 1 saturated heterocycles. The lowest BCUT2D eigenvalue weighted by Crippen LogP contribution is -2.60. The van der Waals surface area contributed by atoms with Crippen LogP contribution in [0.4, 0.5) is 0 Å². The van der Waals surface area contributed by atoms with Gasteiger partial charge in [-0.25, -0.2) is 0 Å². The highest BCUT2D eigenvalue weighted by atomic mass is 16.7. The van der Waals surface area contributed by atoms with Gasteiger partial charge in [-0.05, 0) is 77.6 Å². The maximum Gasteiger partial charge on any atom is 0.305 e. The van der Waals surface area contributed by atoms with Gasteiger partial charge >= 0.3 is 5.97 Å². The summed E-state index contributed by atoms with van der Waals surface area (Å²) >= 11 is 0. The van der Waals surface area contributed by atoms with Crippen molar-refractivity contribution >= 4 is 11.9 Å². The topological polar surface area (TPSA) is 175 Å². The van der Waals surface area contributed by atoms with E-state index >= 15 is 0 Å². The van der Waals surface area contributed by atoms with Crippen LogP contribution in [0.5, 0.6) is 0 Å². The van der Waals surface area contributed by atoms with Crippen LogP contribution in [0.3, 0.4) is 0 Å². The number of carbonyl (C=O) groups excluding carboxylic acids is 2. The minimum atomic E-state index is -1.58. The average molecular weight is 1120 g/mol. The fourth-order valence-electron chi connectivity index (χ4n) is 10.5. The summed E-state index contributed by atoms with van der Waals surface area (Å²) in [7, 11) is 0. The minimum Gasteiger partial charge on any atom is -0.466 e. The van der Waals surface area contributed by atoms with Gasteiger partial charge in [0.2, 0.25) is 5.91 Å². The number of hydrogen-bond donors (Lipinski definition) is 6. The number of ether oxygens (including phenoxy) is 3. The molecule has 11 nitrogen and oxygen atoms in total. The van der Waals surface area contributed by atoms with E-state index in [-0.39, 0.29) is 18.5 Å². The number of aliphatic hydroxyl groups excluding tert-OH is 5. The summed E-state index contributed by atoms with van der Waals surface area (Å²) < 4.78 is 16.7. The molecule has 1 aliphatic rings. The Bertz CT molecular complexity index is 1450. The van der Waals surface area contributed by atoms with Crippen molar-refractivity contribution in [3.8, 4) is 0 Å². The summed E-state index contributed by atoms with van der Waals surface area (Å²) in [5.74, 6) is -0.189. The van der Waals surface area contributed by atoms with Gasteiger partial charge < -0.3 is 45.1 Å². The van der Waals surface area contributed by atoms with Crippen LogP contribution in [0.1, 0.15) is 309 Å². The number of unbranched alkanes of at least 4 members (excludes halogenated alkanes) is 39. The van der Waals surface area contributed by atoms with Crippen molar-refractivity contribution in [2.75, 3.05) is 19.8 Å². The fraction of sp³-hybridized carbons (Fsp3) is 0.853. The molecule has 0 aromatic carbocycles. The normalized spacial score (nSPS) is 18.7. The van der Waals surface area contributed by atoms with E-state index in [0.29, 0.717) is 19.4 Å². The number of nitrogens with one attached hydrogen (secondary N) is 1. The van der Waals surface area contributed by atoms with Gasteiger partial charge in [0, 0.05) is 12.8 Å². The predicted octanol–water partition coefficient (Wildman–Crippen LogP) is 16.4. The van der Waals surface area contributed by atoms with Gasteiger partial charge in [-0.3, -0.25) is 9.59 Å². The standard InChI is InChI=1S/C68H125NO10/c1-3-5-7-9-11-13-14-36-40-44-48-52-56-64(73)77-57-53-49-45-41-37-34-32-30-28-26-24-22-20-18-16-15-17-19-21-23-25-27-29-31-33-35-39-43-47-51-55-63(72)69-60(61(71)54-50-46-42-38-12-10-8-6-4-2)59-78-68-67(76)66(75)65(74)62(58-70)79-68/h4,6,12,16,18,38,50,54,60-62,65-68,70-71,74-76H,3,5,7-11,13-15,17,19-37,39-49,51-53,55-59H2,1-2H3,(H,69,72)/b6-4+,18-16-,38-12+,54-50+. The second kappa shape index (κ2) is 57.4. The van der Waals surface area contributed by atoms with Crippen molar-refractivity contribution in [1.29, 1.82) is 0 Å². The van der Waals surface area contributed by atoms with Crippen molar-refractivity contribution in [1.82, 2.24) is 5.32 Å². The van der Waals surface area contributed by atoms with Crippen molar-refractivity contribution < 1.29 is 49.3 Å². The molecule has 79 heavy (non-hydrogen) atoms.